The molecule has 6 heteroatoms. The monoisotopic (exact) mass is 296 g/mol. The number of nitrogens with one attached hydrogen (secondary N) is 1. The fraction of sp³-hybridized carbons (Fsp3) is 0.143. The minimum Gasteiger partial charge on any atom is -0.345 e. The van der Waals surface area contributed by atoms with E-state index in [-0.39, 0.29) is 16.3 Å². The lowest BCUT2D eigenvalue weighted by atomic mass is 10.1. The second kappa shape index (κ2) is 5.96. The summed E-state index contributed by atoms with van der Waals surface area (Å²) in [7, 11) is 0. The molecule has 0 aliphatic rings. The molecule has 0 aliphatic heterocycles. The van der Waals surface area contributed by atoms with Gasteiger partial charge in [-0.25, -0.2) is 13.8 Å². The highest BCUT2D eigenvalue weighted by Crippen LogP contribution is 2.18. The molecule has 1 atom stereocenters. The largest absolute Gasteiger partial charge is 0.345 e. The van der Waals surface area contributed by atoms with E-state index in [0.717, 1.165) is 18.2 Å². The Morgan fingerprint density at radius 2 is 2.05 bits per heavy atom. The summed E-state index contributed by atoms with van der Waals surface area (Å²) in [5.74, 6) is -1.57. The first kappa shape index (κ1) is 14.4. The Morgan fingerprint density at radius 3 is 2.70 bits per heavy atom. The van der Waals surface area contributed by atoms with Crippen molar-refractivity contribution < 1.29 is 13.6 Å². The Balaban J connectivity index is 2.15. The summed E-state index contributed by atoms with van der Waals surface area (Å²) >= 11 is 5.62. The van der Waals surface area contributed by atoms with Crippen molar-refractivity contribution in [2.45, 2.75) is 13.0 Å². The summed E-state index contributed by atoms with van der Waals surface area (Å²) in [6.45, 7) is 1.57. The summed E-state index contributed by atoms with van der Waals surface area (Å²) < 4.78 is 26.7. The van der Waals surface area contributed by atoms with Crippen molar-refractivity contribution in [1.82, 2.24) is 10.3 Å². The van der Waals surface area contributed by atoms with Crippen molar-refractivity contribution in [3.8, 4) is 0 Å². The maximum absolute atomic E-state index is 13.6. The summed E-state index contributed by atoms with van der Waals surface area (Å²) in [6, 6.07) is 5.41. The van der Waals surface area contributed by atoms with Gasteiger partial charge in [-0.1, -0.05) is 11.6 Å². The second-order valence-corrected chi connectivity index (χ2v) is 4.62. The number of carbonyl (C=O) groups is 1. The molecule has 2 aromatic rings. The third kappa shape index (κ3) is 3.30. The van der Waals surface area contributed by atoms with Crippen LogP contribution in [0.25, 0.3) is 0 Å². The predicted octanol–water partition coefficient (Wildman–Crippen LogP) is 3.50. The highest BCUT2D eigenvalue weighted by Gasteiger charge is 2.15. The van der Waals surface area contributed by atoms with Crippen LogP contribution in [0.4, 0.5) is 8.78 Å². The molecule has 104 valence electrons. The molecule has 2 rings (SSSR count). The van der Waals surface area contributed by atoms with Crippen LogP contribution in [0, 0.1) is 11.6 Å². The van der Waals surface area contributed by atoms with E-state index in [4.69, 9.17) is 11.6 Å². The zero-order valence-electron chi connectivity index (χ0n) is 10.5. The molecule has 1 unspecified atom stereocenters. The molecule has 20 heavy (non-hydrogen) atoms. The number of carbonyl (C=O) groups excluding carboxylic acids is 1. The quantitative estimate of drug-likeness (QED) is 0.881. The minimum atomic E-state index is -0.672. The number of amides is 1. The van der Waals surface area contributed by atoms with Gasteiger partial charge in [0.15, 0.2) is 0 Å². The molecular weight excluding hydrogens is 286 g/mol. The van der Waals surface area contributed by atoms with Crippen LogP contribution in [-0.2, 0) is 0 Å². The SMILES string of the molecule is CC(NC(=O)c1ccc(Cl)nc1)c1cc(F)ccc1F. The molecule has 1 aromatic carbocycles. The molecule has 3 nitrogen and oxygen atoms in total. The molecule has 0 saturated carbocycles. The van der Waals surface area contributed by atoms with Gasteiger partial charge >= 0.3 is 0 Å². The average Bonchev–Trinajstić information content (AvgIpc) is 2.42. The number of rotatable bonds is 3. The number of benzene rings is 1. The Labute approximate surface area is 119 Å². The molecule has 1 aromatic heterocycles. The van der Waals surface area contributed by atoms with E-state index in [1.54, 1.807) is 6.92 Å². The van der Waals surface area contributed by atoms with E-state index in [1.165, 1.54) is 18.3 Å². The normalized spacial score (nSPS) is 12.0. The molecule has 0 spiro atoms. The number of nitrogens with zero attached hydrogens (tertiary/aromatic N) is 1. The van der Waals surface area contributed by atoms with E-state index in [9.17, 15) is 13.6 Å². The topological polar surface area (TPSA) is 42.0 Å². The van der Waals surface area contributed by atoms with E-state index in [0.29, 0.717) is 0 Å². The molecule has 0 aliphatic carbocycles. The molecule has 1 N–H and O–H groups in total. The molecule has 1 amide bonds. The van der Waals surface area contributed by atoms with Crippen LogP contribution in [0.1, 0.15) is 28.9 Å². The van der Waals surface area contributed by atoms with Gasteiger partial charge in [0, 0.05) is 11.8 Å². The van der Waals surface area contributed by atoms with Gasteiger partial charge in [0.1, 0.15) is 16.8 Å². The number of halogens is 3. The van der Waals surface area contributed by atoms with Crippen LogP contribution in [-0.4, -0.2) is 10.9 Å². The molecule has 0 radical (unpaired) electrons. The van der Waals surface area contributed by atoms with Crippen molar-refractivity contribution in [3.63, 3.8) is 0 Å². The molecule has 0 bridgehead atoms. The predicted molar refractivity (Wildman–Crippen MR) is 71.5 cm³/mol. The van der Waals surface area contributed by atoms with Crippen LogP contribution in [0.5, 0.6) is 0 Å². The number of hydrogen-bond donors (Lipinski definition) is 1. The lowest BCUT2D eigenvalue weighted by Gasteiger charge is -2.15. The smallest absolute Gasteiger partial charge is 0.253 e. The van der Waals surface area contributed by atoms with Crippen molar-refractivity contribution in [1.29, 1.82) is 0 Å². The first-order valence-electron chi connectivity index (χ1n) is 5.84. The minimum absolute atomic E-state index is 0.0836. The lowest BCUT2D eigenvalue weighted by Crippen LogP contribution is -2.27. The van der Waals surface area contributed by atoms with Gasteiger partial charge in [0.05, 0.1) is 11.6 Å². The first-order valence-corrected chi connectivity index (χ1v) is 6.22. The lowest BCUT2D eigenvalue weighted by molar-refractivity contribution is 0.0939. The summed E-state index contributed by atoms with van der Waals surface area (Å²) in [5.41, 5.74) is 0.373. The highest BCUT2D eigenvalue weighted by atomic mass is 35.5. The maximum Gasteiger partial charge on any atom is 0.253 e. The highest BCUT2D eigenvalue weighted by molar-refractivity contribution is 6.29. The van der Waals surface area contributed by atoms with Crippen LogP contribution in [0.15, 0.2) is 36.5 Å². The number of pyridine rings is 1. The fourth-order valence-electron chi connectivity index (χ4n) is 1.71. The molecule has 0 saturated heterocycles. The van der Waals surface area contributed by atoms with Crippen molar-refractivity contribution in [3.05, 3.63) is 64.4 Å². The van der Waals surface area contributed by atoms with Crippen LogP contribution < -0.4 is 5.32 Å². The van der Waals surface area contributed by atoms with Crippen molar-refractivity contribution >= 4 is 17.5 Å². The van der Waals surface area contributed by atoms with E-state index in [1.807, 2.05) is 0 Å². The summed E-state index contributed by atoms with van der Waals surface area (Å²) in [4.78, 5) is 15.7. The van der Waals surface area contributed by atoms with E-state index < -0.39 is 23.6 Å². The van der Waals surface area contributed by atoms with Gasteiger partial charge in [0.2, 0.25) is 0 Å². The number of aromatic nitrogens is 1. The summed E-state index contributed by atoms with van der Waals surface area (Å²) in [5, 5.41) is 2.84. The van der Waals surface area contributed by atoms with Gasteiger partial charge in [-0.3, -0.25) is 4.79 Å². The summed E-state index contributed by atoms with van der Waals surface area (Å²) in [6.07, 6.45) is 1.31. The third-order valence-electron chi connectivity index (χ3n) is 2.76. The van der Waals surface area contributed by atoms with Crippen LogP contribution in [0.2, 0.25) is 5.15 Å². The second-order valence-electron chi connectivity index (χ2n) is 4.23. The zero-order valence-corrected chi connectivity index (χ0v) is 11.3. The van der Waals surface area contributed by atoms with Gasteiger partial charge in [0.25, 0.3) is 5.91 Å². The van der Waals surface area contributed by atoms with Crippen molar-refractivity contribution in [2.24, 2.45) is 0 Å². The fourth-order valence-corrected chi connectivity index (χ4v) is 1.83. The van der Waals surface area contributed by atoms with Crippen LogP contribution in [0.3, 0.4) is 0 Å². The maximum atomic E-state index is 13.6. The molecule has 1 heterocycles. The third-order valence-corrected chi connectivity index (χ3v) is 2.99. The van der Waals surface area contributed by atoms with Gasteiger partial charge < -0.3 is 5.32 Å². The van der Waals surface area contributed by atoms with Gasteiger partial charge in [-0.15, -0.1) is 0 Å². The van der Waals surface area contributed by atoms with Gasteiger partial charge in [-0.05, 0) is 37.3 Å². The van der Waals surface area contributed by atoms with Crippen LogP contribution >= 0.6 is 11.6 Å². The first-order chi connectivity index (χ1) is 9.47. The Hall–Kier alpha value is -2.01. The Morgan fingerprint density at radius 1 is 1.30 bits per heavy atom. The zero-order chi connectivity index (χ0) is 14.7. The van der Waals surface area contributed by atoms with Gasteiger partial charge in [-0.2, -0.15) is 0 Å². The van der Waals surface area contributed by atoms with E-state index in [2.05, 4.69) is 10.3 Å². The average molecular weight is 297 g/mol. The van der Waals surface area contributed by atoms with E-state index >= 15 is 0 Å². The Kier molecular flexibility index (Phi) is 4.29. The Bertz CT molecular complexity index is 632. The number of hydrogen-bond acceptors (Lipinski definition) is 2. The van der Waals surface area contributed by atoms with Crippen molar-refractivity contribution in [2.75, 3.05) is 0 Å². The molecular formula is C14H11ClF2N2O. The molecule has 0 fully saturated rings. The standard InChI is InChI=1S/C14H11ClF2N2O/c1-8(11-6-10(16)3-4-12(11)17)19-14(20)9-2-5-13(15)18-7-9/h2-8H,1H3,(H,19,20).